The molecular formula is C18H18ClNO. The van der Waals surface area contributed by atoms with E-state index in [1.807, 2.05) is 55.5 Å². The normalized spacial score (nSPS) is 11.7. The molecule has 0 bridgehead atoms. The van der Waals surface area contributed by atoms with E-state index in [1.54, 1.807) is 0 Å². The lowest BCUT2D eigenvalue weighted by atomic mass is 9.96. The summed E-state index contributed by atoms with van der Waals surface area (Å²) < 4.78 is 5.68. The minimum atomic E-state index is -0.180. The van der Waals surface area contributed by atoms with E-state index in [1.165, 1.54) is 5.56 Å². The molecule has 2 aromatic rings. The summed E-state index contributed by atoms with van der Waals surface area (Å²) in [5, 5.41) is 9.96. The summed E-state index contributed by atoms with van der Waals surface area (Å²) in [4.78, 5) is 0. The molecule has 0 saturated carbocycles. The first-order valence-corrected chi connectivity index (χ1v) is 7.42. The Morgan fingerprint density at radius 3 is 2.52 bits per heavy atom. The van der Waals surface area contributed by atoms with E-state index < -0.39 is 0 Å². The number of nitrogens with zero attached hydrogens (tertiary/aromatic N) is 1. The molecule has 0 spiro atoms. The number of halogens is 1. The zero-order valence-electron chi connectivity index (χ0n) is 12.1. The summed E-state index contributed by atoms with van der Waals surface area (Å²) in [7, 11) is 0. The highest BCUT2D eigenvalue weighted by Gasteiger charge is 2.13. The Balaban J connectivity index is 1.83. The molecule has 1 atom stereocenters. The van der Waals surface area contributed by atoms with Gasteiger partial charge in [0, 0.05) is 5.02 Å². The van der Waals surface area contributed by atoms with Gasteiger partial charge in [0.05, 0.1) is 18.6 Å². The Hall–Kier alpha value is -1.98. The molecule has 21 heavy (non-hydrogen) atoms. The highest BCUT2D eigenvalue weighted by Crippen LogP contribution is 2.27. The second-order valence-corrected chi connectivity index (χ2v) is 5.41. The zero-order valence-corrected chi connectivity index (χ0v) is 12.8. The largest absolute Gasteiger partial charge is 0.494 e. The first-order chi connectivity index (χ1) is 10.2. The predicted molar refractivity (Wildman–Crippen MR) is 85.7 cm³/mol. The van der Waals surface area contributed by atoms with E-state index in [0.717, 1.165) is 24.2 Å². The van der Waals surface area contributed by atoms with Crippen molar-refractivity contribution in [2.24, 2.45) is 0 Å². The second kappa shape index (κ2) is 7.71. The van der Waals surface area contributed by atoms with Gasteiger partial charge in [-0.25, -0.2) is 0 Å². The van der Waals surface area contributed by atoms with E-state index in [9.17, 15) is 5.26 Å². The molecule has 2 nitrogen and oxygen atoms in total. The molecule has 1 unspecified atom stereocenters. The SMILES string of the molecule is Cc1ccc(OCCCC(C#N)c2ccccc2Cl)cc1. The van der Waals surface area contributed by atoms with Crippen molar-refractivity contribution in [2.45, 2.75) is 25.7 Å². The minimum Gasteiger partial charge on any atom is -0.494 e. The van der Waals surface area contributed by atoms with Crippen LogP contribution in [0, 0.1) is 18.3 Å². The van der Waals surface area contributed by atoms with Crippen LogP contribution in [0.15, 0.2) is 48.5 Å². The molecule has 3 heteroatoms. The van der Waals surface area contributed by atoms with Gasteiger partial charge in [0.1, 0.15) is 5.75 Å². The molecule has 0 saturated heterocycles. The Morgan fingerprint density at radius 2 is 1.86 bits per heavy atom. The van der Waals surface area contributed by atoms with Crippen LogP contribution < -0.4 is 4.74 Å². The van der Waals surface area contributed by atoms with Gasteiger partial charge in [-0.3, -0.25) is 0 Å². The molecule has 0 amide bonds. The average Bonchev–Trinajstić information content (AvgIpc) is 2.50. The minimum absolute atomic E-state index is 0.180. The van der Waals surface area contributed by atoms with E-state index >= 15 is 0 Å². The maximum Gasteiger partial charge on any atom is 0.119 e. The molecule has 0 aliphatic heterocycles. The average molecular weight is 300 g/mol. The quantitative estimate of drug-likeness (QED) is 0.694. The molecule has 0 heterocycles. The predicted octanol–water partition coefficient (Wildman–Crippen LogP) is 5.11. The van der Waals surface area contributed by atoms with Gasteiger partial charge in [0.2, 0.25) is 0 Å². The number of benzene rings is 2. The molecule has 108 valence electrons. The van der Waals surface area contributed by atoms with Crippen molar-refractivity contribution in [1.29, 1.82) is 5.26 Å². The number of hydrogen-bond donors (Lipinski definition) is 0. The first kappa shape index (κ1) is 15.4. The van der Waals surface area contributed by atoms with Gasteiger partial charge in [-0.1, -0.05) is 47.5 Å². The Bertz CT molecular complexity index is 616. The van der Waals surface area contributed by atoms with E-state index in [2.05, 4.69) is 6.07 Å². The highest BCUT2D eigenvalue weighted by molar-refractivity contribution is 6.31. The van der Waals surface area contributed by atoms with Gasteiger partial charge >= 0.3 is 0 Å². The lowest BCUT2D eigenvalue weighted by Crippen LogP contribution is -2.02. The van der Waals surface area contributed by atoms with Crippen LogP contribution in [-0.4, -0.2) is 6.61 Å². The van der Waals surface area contributed by atoms with Crippen molar-refractivity contribution in [2.75, 3.05) is 6.61 Å². The summed E-state index contributed by atoms with van der Waals surface area (Å²) in [6.45, 7) is 2.65. The van der Waals surface area contributed by atoms with Crippen LogP contribution in [0.2, 0.25) is 5.02 Å². The number of aryl methyl sites for hydroxylation is 1. The van der Waals surface area contributed by atoms with Crippen LogP contribution in [0.4, 0.5) is 0 Å². The smallest absolute Gasteiger partial charge is 0.119 e. The standard InChI is InChI=1S/C18H18ClNO/c1-14-8-10-16(11-9-14)21-12-4-5-15(13-20)17-6-2-3-7-18(17)19/h2-3,6-11,15H,4-5,12H2,1H3. The van der Waals surface area contributed by atoms with Gasteiger partial charge in [-0.15, -0.1) is 0 Å². The molecule has 0 N–H and O–H groups in total. The Labute approximate surface area is 130 Å². The van der Waals surface area contributed by atoms with Crippen LogP contribution in [0.5, 0.6) is 5.75 Å². The van der Waals surface area contributed by atoms with Crippen molar-refractivity contribution >= 4 is 11.6 Å². The summed E-state index contributed by atoms with van der Waals surface area (Å²) in [5.41, 5.74) is 2.11. The monoisotopic (exact) mass is 299 g/mol. The summed E-state index contributed by atoms with van der Waals surface area (Å²) in [6.07, 6.45) is 1.56. The van der Waals surface area contributed by atoms with Crippen LogP contribution in [0.1, 0.15) is 29.9 Å². The van der Waals surface area contributed by atoms with E-state index in [4.69, 9.17) is 16.3 Å². The number of nitriles is 1. The molecule has 2 rings (SSSR count). The highest BCUT2D eigenvalue weighted by atomic mass is 35.5. The fraction of sp³-hybridized carbons (Fsp3) is 0.278. The van der Waals surface area contributed by atoms with Gasteiger partial charge in [-0.2, -0.15) is 5.26 Å². The van der Waals surface area contributed by atoms with Crippen molar-refractivity contribution in [3.05, 3.63) is 64.7 Å². The Kier molecular flexibility index (Phi) is 5.66. The lowest BCUT2D eigenvalue weighted by Gasteiger charge is -2.11. The number of ether oxygens (including phenoxy) is 1. The lowest BCUT2D eigenvalue weighted by molar-refractivity contribution is 0.305. The third-order valence-electron chi connectivity index (χ3n) is 3.36. The van der Waals surface area contributed by atoms with Crippen LogP contribution in [-0.2, 0) is 0 Å². The molecule has 2 aromatic carbocycles. The molecule has 0 aliphatic rings. The fourth-order valence-corrected chi connectivity index (χ4v) is 2.43. The maximum absolute atomic E-state index is 9.30. The molecule has 0 aromatic heterocycles. The molecule has 0 aliphatic carbocycles. The first-order valence-electron chi connectivity index (χ1n) is 7.04. The van der Waals surface area contributed by atoms with Crippen molar-refractivity contribution in [3.8, 4) is 11.8 Å². The van der Waals surface area contributed by atoms with Crippen molar-refractivity contribution < 1.29 is 4.74 Å². The molecule has 0 fully saturated rings. The van der Waals surface area contributed by atoms with Crippen molar-refractivity contribution in [3.63, 3.8) is 0 Å². The third kappa shape index (κ3) is 4.51. The number of rotatable bonds is 6. The van der Waals surface area contributed by atoms with Gasteiger partial charge < -0.3 is 4.74 Å². The summed E-state index contributed by atoms with van der Waals surface area (Å²) >= 11 is 6.14. The van der Waals surface area contributed by atoms with E-state index in [0.29, 0.717) is 11.6 Å². The number of hydrogen-bond acceptors (Lipinski definition) is 2. The van der Waals surface area contributed by atoms with Gasteiger partial charge in [0.25, 0.3) is 0 Å². The molecule has 0 radical (unpaired) electrons. The van der Waals surface area contributed by atoms with Crippen LogP contribution in [0.3, 0.4) is 0 Å². The summed E-state index contributed by atoms with van der Waals surface area (Å²) in [5.74, 6) is 0.687. The summed E-state index contributed by atoms with van der Waals surface area (Å²) in [6, 6.07) is 17.8. The van der Waals surface area contributed by atoms with Crippen LogP contribution >= 0.6 is 11.6 Å². The van der Waals surface area contributed by atoms with Crippen LogP contribution in [0.25, 0.3) is 0 Å². The fourth-order valence-electron chi connectivity index (χ4n) is 2.16. The zero-order chi connectivity index (χ0) is 15.1. The van der Waals surface area contributed by atoms with Gasteiger partial charge in [0.15, 0.2) is 0 Å². The van der Waals surface area contributed by atoms with Gasteiger partial charge in [-0.05, 0) is 43.5 Å². The second-order valence-electron chi connectivity index (χ2n) is 5.01. The van der Waals surface area contributed by atoms with Crippen molar-refractivity contribution in [1.82, 2.24) is 0 Å². The Morgan fingerprint density at radius 1 is 1.14 bits per heavy atom. The molecular weight excluding hydrogens is 282 g/mol. The third-order valence-corrected chi connectivity index (χ3v) is 3.71. The topological polar surface area (TPSA) is 33.0 Å². The van der Waals surface area contributed by atoms with E-state index in [-0.39, 0.29) is 5.92 Å². The maximum atomic E-state index is 9.30.